The molecule has 2 aromatic carbocycles. The molecule has 126 valence electrons. The topological polar surface area (TPSA) is 104 Å². The monoisotopic (exact) mass is 330 g/mol. The van der Waals surface area contributed by atoms with Gasteiger partial charge < -0.3 is 20.1 Å². The second kappa shape index (κ2) is 7.61. The number of benzene rings is 2. The van der Waals surface area contributed by atoms with Gasteiger partial charge in [-0.3, -0.25) is 9.59 Å². The number of hydrogen-bond donors (Lipinski definition) is 3. The van der Waals surface area contributed by atoms with E-state index in [1.807, 2.05) is 0 Å². The number of ether oxygens (including phenoxy) is 1. The number of phenolic OH excluding ortho intramolecular Hbond substituents is 2. The number of esters is 1. The van der Waals surface area contributed by atoms with E-state index in [9.17, 15) is 19.8 Å². The molecule has 0 aliphatic rings. The minimum Gasteiger partial charge on any atom is -0.507 e. The van der Waals surface area contributed by atoms with Crippen LogP contribution in [-0.4, -0.2) is 40.8 Å². The lowest BCUT2D eigenvalue weighted by Gasteiger charge is -2.11. The van der Waals surface area contributed by atoms with Crippen molar-refractivity contribution in [1.82, 2.24) is 0 Å². The summed E-state index contributed by atoms with van der Waals surface area (Å²) in [6.07, 6.45) is 0.0552. The molecule has 0 saturated heterocycles. The number of Topliss-reactive ketones (excluding diaryl/α,β-unsaturated/α-hetero) is 1. The van der Waals surface area contributed by atoms with Gasteiger partial charge in [0.2, 0.25) is 0 Å². The second-order valence-electron chi connectivity index (χ2n) is 5.33. The number of carbonyl (C=O) groups excluding carboxylic acids is 2. The summed E-state index contributed by atoms with van der Waals surface area (Å²) >= 11 is 0. The average molecular weight is 330 g/mol. The number of methoxy groups -OCH3 is 1. The highest BCUT2D eigenvalue weighted by atomic mass is 16.5. The number of aromatic hydroxyl groups is 2. The zero-order chi connectivity index (χ0) is 17.7. The molecule has 24 heavy (non-hydrogen) atoms. The number of rotatable bonds is 6. The average Bonchev–Trinajstić information content (AvgIpc) is 2.58. The van der Waals surface area contributed by atoms with Crippen LogP contribution in [0.3, 0.4) is 0 Å². The molecule has 0 spiro atoms. The van der Waals surface area contributed by atoms with Crippen LogP contribution in [0.15, 0.2) is 36.4 Å². The van der Waals surface area contributed by atoms with E-state index in [1.165, 1.54) is 19.2 Å². The lowest BCUT2D eigenvalue weighted by atomic mass is 9.96. The first-order chi connectivity index (χ1) is 11.4. The third-order valence-electron chi connectivity index (χ3n) is 3.57. The molecular weight excluding hydrogens is 312 g/mol. The van der Waals surface area contributed by atoms with Gasteiger partial charge in [-0.15, -0.1) is 0 Å². The van der Waals surface area contributed by atoms with E-state index in [4.69, 9.17) is 5.11 Å². The van der Waals surface area contributed by atoms with E-state index in [1.54, 1.807) is 24.3 Å². The van der Waals surface area contributed by atoms with Crippen molar-refractivity contribution in [3.63, 3.8) is 0 Å². The molecule has 0 aliphatic heterocycles. The van der Waals surface area contributed by atoms with Crippen LogP contribution in [0.2, 0.25) is 0 Å². The summed E-state index contributed by atoms with van der Waals surface area (Å²) in [5.74, 6) is -0.904. The number of phenols is 2. The summed E-state index contributed by atoms with van der Waals surface area (Å²) in [7, 11) is 1.29. The van der Waals surface area contributed by atoms with Crippen LogP contribution in [0.25, 0.3) is 11.1 Å². The number of aliphatic hydroxyl groups excluding tert-OH is 1. The van der Waals surface area contributed by atoms with Gasteiger partial charge in [0.05, 0.1) is 13.5 Å². The Hall–Kier alpha value is -2.86. The van der Waals surface area contributed by atoms with E-state index in [2.05, 4.69) is 4.74 Å². The summed E-state index contributed by atoms with van der Waals surface area (Å²) in [4.78, 5) is 22.8. The second-order valence-corrected chi connectivity index (χ2v) is 5.33. The third kappa shape index (κ3) is 4.11. The molecule has 0 bridgehead atoms. The number of ketones is 1. The van der Waals surface area contributed by atoms with E-state index in [0.29, 0.717) is 22.3 Å². The van der Waals surface area contributed by atoms with Crippen LogP contribution in [-0.2, 0) is 27.2 Å². The number of carbonyl (C=O) groups is 2. The summed E-state index contributed by atoms with van der Waals surface area (Å²) in [6, 6.07) is 9.16. The molecule has 6 heteroatoms. The van der Waals surface area contributed by atoms with Gasteiger partial charge in [-0.1, -0.05) is 12.1 Å². The first kappa shape index (κ1) is 17.5. The molecule has 0 fully saturated rings. The highest BCUT2D eigenvalue weighted by Gasteiger charge is 2.13. The fourth-order valence-corrected chi connectivity index (χ4v) is 2.34. The third-order valence-corrected chi connectivity index (χ3v) is 3.57. The molecule has 3 N–H and O–H groups in total. The molecule has 0 unspecified atom stereocenters. The van der Waals surface area contributed by atoms with Gasteiger partial charge in [0.25, 0.3) is 0 Å². The fourth-order valence-electron chi connectivity index (χ4n) is 2.34. The Labute approximate surface area is 138 Å². The highest BCUT2D eigenvalue weighted by Crippen LogP contribution is 2.36. The SMILES string of the molecule is COC(=O)Cc1ccc(O)c(-c2cc(CC(=O)CO)ccc2O)c1. The van der Waals surface area contributed by atoms with Crippen molar-refractivity contribution in [2.45, 2.75) is 12.8 Å². The van der Waals surface area contributed by atoms with Gasteiger partial charge in [-0.2, -0.15) is 0 Å². The lowest BCUT2D eigenvalue weighted by molar-refractivity contribution is -0.139. The van der Waals surface area contributed by atoms with Crippen LogP contribution in [0.5, 0.6) is 11.5 Å². The minimum absolute atomic E-state index is 0.0202. The predicted molar refractivity (Wildman–Crippen MR) is 86.7 cm³/mol. The fraction of sp³-hybridized carbons (Fsp3) is 0.222. The molecule has 0 amide bonds. The standard InChI is InChI=1S/C18H18O6/c1-24-18(23)9-12-3-5-17(22)15(8-12)14-7-11(2-4-16(14)21)6-13(20)10-19/h2-5,7-8,19,21-22H,6,9-10H2,1H3. The molecule has 0 aromatic heterocycles. The Bertz CT molecular complexity index is 701. The molecule has 0 aliphatic carbocycles. The Balaban J connectivity index is 2.42. The van der Waals surface area contributed by atoms with Crippen molar-refractivity contribution in [2.24, 2.45) is 0 Å². The van der Waals surface area contributed by atoms with E-state index < -0.39 is 12.6 Å². The molecule has 6 nitrogen and oxygen atoms in total. The number of aliphatic hydroxyl groups is 1. The van der Waals surface area contributed by atoms with Crippen LogP contribution >= 0.6 is 0 Å². The maximum Gasteiger partial charge on any atom is 0.309 e. The summed E-state index contributed by atoms with van der Waals surface area (Å²) in [5, 5.41) is 29.0. The van der Waals surface area contributed by atoms with E-state index in [-0.39, 0.29) is 30.1 Å². The first-order valence-electron chi connectivity index (χ1n) is 7.28. The summed E-state index contributed by atoms with van der Waals surface area (Å²) in [5.41, 5.74) is 1.89. The molecule has 2 rings (SSSR count). The highest BCUT2D eigenvalue weighted by molar-refractivity contribution is 5.83. The smallest absolute Gasteiger partial charge is 0.309 e. The quantitative estimate of drug-likeness (QED) is 0.695. The van der Waals surface area contributed by atoms with Crippen LogP contribution in [0.4, 0.5) is 0 Å². The van der Waals surface area contributed by atoms with Crippen LogP contribution < -0.4 is 0 Å². The minimum atomic E-state index is -0.559. The Kier molecular flexibility index (Phi) is 5.55. The molecular formula is C18H18O6. The van der Waals surface area contributed by atoms with Crippen LogP contribution in [0, 0.1) is 0 Å². The summed E-state index contributed by atoms with van der Waals surface area (Å²) in [6.45, 7) is -0.559. The van der Waals surface area contributed by atoms with E-state index in [0.717, 1.165) is 0 Å². The Morgan fingerprint density at radius 3 is 1.88 bits per heavy atom. The van der Waals surface area contributed by atoms with Crippen molar-refractivity contribution in [3.05, 3.63) is 47.5 Å². The normalized spacial score (nSPS) is 10.4. The van der Waals surface area contributed by atoms with Crippen LogP contribution in [0.1, 0.15) is 11.1 Å². The van der Waals surface area contributed by atoms with Gasteiger partial charge in [0.15, 0.2) is 5.78 Å². The maximum atomic E-state index is 11.4. The molecule has 0 heterocycles. The van der Waals surface area contributed by atoms with Gasteiger partial charge in [0, 0.05) is 17.5 Å². The van der Waals surface area contributed by atoms with Crippen molar-refractivity contribution >= 4 is 11.8 Å². The maximum absolute atomic E-state index is 11.4. The zero-order valence-electron chi connectivity index (χ0n) is 13.2. The van der Waals surface area contributed by atoms with Gasteiger partial charge in [-0.25, -0.2) is 0 Å². The Morgan fingerprint density at radius 2 is 1.42 bits per heavy atom. The molecule has 0 radical (unpaired) electrons. The number of hydrogen-bond acceptors (Lipinski definition) is 6. The molecule has 2 aromatic rings. The van der Waals surface area contributed by atoms with Crippen molar-refractivity contribution in [3.8, 4) is 22.6 Å². The van der Waals surface area contributed by atoms with E-state index >= 15 is 0 Å². The zero-order valence-corrected chi connectivity index (χ0v) is 13.2. The van der Waals surface area contributed by atoms with Crippen molar-refractivity contribution in [1.29, 1.82) is 0 Å². The first-order valence-corrected chi connectivity index (χ1v) is 7.28. The van der Waals surface area contributed by atoms with Gasteiger partial charge >= 0.3 is 5.97 Å². The predicted octanol–water partition coefficient (Wildman–Crippen LogP) is 1.58. The largest absolute Gasteiger partial charge is 0.507 e. The van der Waals surface area contributed by atoms with Gasteiger partial charge in [0.1, 0.15) is 18.1 Å². The molecule has 0 atom stereocenters. The Morgan fingerprint density at radius 1 is 0.917 bits per heavy atom. The van der Waals surface area contributed by atoms with Gasteiger partial charge in [-0.05, 0) is 35.4 Å². The van der Waals surface area contributed by atoms with Crippen molar-refractivity contribution < 1.29 is 29.6 Å². The lowest BCUT2D eigenvalue weighted by Crippen LogP contribution is -2.07. The van der Waals surface area contributed by atoms with Crippen molar-refractivity contribution in [2.75, 3.05) is 13.7 Å². The molecule has 0 saturated carbocycles. The summed E-state index contributed by atoms with van der Waals surface area (Å²) < 4.78 is 4.62.